The zero-order chi connectivity index (χ0) is 18.8. The van der Waals surface area contributed by atoms with Crippen molar-refractivity contribution >= 4 is 11.4 Å². The van der Waals surface area contributed by atoms with Crippen LogP contribution in [-0.4, -0.2) is 33.1 Å². The molecule has 1 fully saturated rings. The van der Waals surface area contributed by atoms with Gasteiger partial charge in [0.05, 0.1) is 4.92 Å². The largest absolute Gasteiger partial charge is 0.366 e. The van der Waals surface area contributed by atoms with Gasteiger partial charge in [0.15, 0.2) is 0 Å². The van der Waals surface area contributed by atoms with Crippen LogP contribution in [0.2, 0.25) is 0 Å². The Bertz CT molecular complexity index is 949. The van der Waals surface area contributed by atoms with Crippen molar-refractivity contribution in [3.63, 3.8) is 0 Å². The molecule has 0 aliphatic carbocycles. The van der Waals surface area contributed by atoms with Crippen LogP contribution in [0.15, 0.2) is 47.1 Å². The van der Waals surface area contributed by atoms with Gasteiger partial charge in [-0.2, -0.15) is 4.98 Å². The molecule has 0 amide bonds. The highest BCUT2D eigenvalue weighted by Crippen LogP contribution is 2.35. The maximum Gasteiger partial charge on any atom is 0.293 e. The summed E-state index contributed by atoms with van der Waals surface area (Å²) >= 11 is 0. The molecular weight excluding hydrogens is 346 g/mol. The molecule has 1 aromatic carbocycles. The third kappa shape index (κ3) is 3.51. The number of nitro benzene ring substituents is 1. The first-order valence-electron chi connectivity index (χ1n) is 8.90. The van der Waals surface area contributed by atoms with E-state index in [0.717, 1.165) is 25.9 Å². The highest BCUT2D eigenvalue weighted by atomic mass is 16.6. The van der Waals surface area contributed by atoms with Crippen molar-refractivity contribution in [1.82, 2.24) is 15.1 Å². The Morgan fingerprint density at radius 1 is 1.22 bits per heavy atom. The van der Waals surface area contributed by atoms with E-state index < -0.39 is 0 Å². The SMILES string of the molecule is CC1CCN(c2ccc(-c3nc(-c4ccccn4)no3)cc2[N+](=O)[O-])CC1. The van der Waals surface area contributed by atoms with Crippen LogP contribution in [0.3, 0.4) is 0 Å². The van der Waals surface area contributed by atoms with Crippen LogP contribution in [0, 0.1) is 16.0 Å². The molecule has 138 valence electrons. The first-order chi connectivity index (χ1) is 13.1. The van der Waals surface area contributed by atoms with Crippen LogP contribution >= 0.6 is 0 Å². The predicted molar refractivity (Wildman–Crippen MR) is 100 cm³/mol. The maximum absolute atomic E-state index is 11.6. The molecule has 0 N–H and O–H groups in total. The number of nitro groups is 1. The molecule has 8 nitrogen and oxygen atoms in total. The van der Waals surface area contributed by atoms with E-state index in [-0.39, 0.29) is 16.5 Å². The number of anilines is 1. The van der Waals surface area contributed by atoms with Crippen LogP contribution in [0.25, 0.3) is 23.0 Å². The van der Waals surface area contributed by atoms with E-state index in [4.69, 9.17) is 4.52 Å². The van der Waals surface area contributed by atoms with Gasteiger partial charge in [-0.1, -0.05) is 18.1 Å². The number of rotatable bonds is 4. The summed E-state index contributed by atoms with van der Waals surface area (Å²) in [6.07, 6.45) is 3.72. The zero-order valence-electron chi connectivity index (χ0n) is 14.9. The van der Waals surface area contributed by atoms with Crippen molar-refractivity contribution in [1.29, 1.82) is 0 Å². The number of hydrogen-bond donors (Lipinski definition) is 0. The van der Waals surface area contributed by atoms with Crippen LogP contribution in [0.4, 0.5) is 11.4 Å². The van der Waals surface area contributed by atoms with E-state index in [1.54, 1.807) is 30.5 Å². The zero-order valence-corrected chi connectivity index (χ0v) is 14.9. The molecule has 0 saturated carbocycles. The highest BCUT2D eigenvalue weighted by Gasteiger charge is 2.25. The van der Waals surface area contributed by atoms with Crippen LogP contribution in [0.5, 0.6) is 0 Å². The molecule has 4 rings (SSSR count). The smallest absolute Gasteiger partial charge is 0.293 e. The molecule has 0 bridgehead atoms. The average molecular weight is 365 g/mol. The Morgan fingerprint density at radius 2 is 2.04 bits per heavy atom. The standard InChI is InChI=1S/C19H19N5O3/c1-13-7-10-23(11-8-13)16-6-5-14(12-17(16)24(25)26)19-21-18(22-27-19)15-4-2-3-9-20-15/h2-6,9,12-13H,7-8,10-11H2,1H3. The molecule has 0 spiro atoms. The van der Waals surface area contributed by atoms with Crippen molar-refractivity contribution in [2.45, 2.75) is 19.8 Å². The minimum atomic E-state index is -0.354. The van der Waals surface area contributed by atoms with Gasteiger partial charge in [-0.05, 0) is 43.0 Å². The van der Waals surface area contributed by atoms with Crippen molar-refractivity contribution in [3.8, 4) is 23.0 Å². The summed E-state index contributed by atoms with van der Waals surface area (Å²) in [5.41, 5.74) is 1.80. The Morgan fingerprint density at radius 3 is 2.74 bits per heavy atom. The van der Waals surface area contributed by atoms with Gasteiger partial charge in [0.1, 0.15) is 11.4 Å². The number of piperidine rings is 1. The second kappa shape index (κ2) is 7.14. The van der Waals surface area contributed by atoms with E-state index in [1.807, 2.05) is 6.07 Å². The summed E-state index contributed by atoms with van der Waals surface area (Å²) in [6.45, 7) is 3.86. The van der Waals surface area contributed by atoms with E-state index in [9.17, 15) is 10.1 Å². The monoisotopic (exact) mass is 365 g/mol. The van der Waals surface area contributed by atoms with Crippen molar-refractivity contribution in [2.75, 3.05) is 18.0 Å². The maximum atomic E-state index is 11.6. The highest BCUT2D eigenvalue weighted by molar-refractivity contribution is 5.71. The Hall–Kier alpha value is -3.29. The van der Waals surface area contributed by atoms with Gasteiger partial charge in [-0.3, -0.25) is 15.1 Å². The molecule has 0 unspecified atom stereocenters. The van der Waals surface area contributed by atoms with Gasteiger partial charge in [0.2, 0.25) is 5.82 Å². The molecule has 8 heteroatoms. The van der Waals surface area contributed by atoms with Crippen molar-refractivity contribution in [3.05, 3.63) is 52.7 Å². The Balaban J connectivity index is 1.66. The Labute approximate surface area is 156 Å². The fraction of sp³-hybridized carbons (Fsp3) is 0.316. The van der Waals surface area contributed by atoms with Gasteiger partial charge < -0.3 is 9.42 Å². The molecule has 2 aromatic heterocycles. The Kier molecular flexibility index (Phi) is 4.53. The van der Waals surface area contributed by atoms with E-state index in [2.05, 4.69) is 26.9 Å². The minimum absolute atomic E-state index is 0.0552. The number of aromatic nitrogens is 3. The molecule has 27 heavy (non-hydrogen) atoms. The lowest BCUT2D eigenvalue weighted by Crippen LogP contribution is -2.33. The molecule has 0 atom stereocenters. The van der Waals surface area contributed by atoms with Gasteiger partial charge in [-0.15, -0.1) is 0 Å². The van der Waals surface area contributed by atoms with E-state index in [1.165, 1.54) is 6.07 Å². The normalized spacial score (nSPS) is 15.1. The first-order valence-corrected chi connectivity index (χ1v) is 8.90. The topological polar surface area (TPSA) is 98.2 Å². The fourth-order valence-electron chi connectivity index (χ4n) is 3.26. The molecule has 3 aromatic rings. The third-order valence-corrected chi connectivity index (χ3v) is 4.86. The lowest BCUT2D eigenvalue weighted by atomic mass is 9.98. The molecular formula is C19H19N5O3. The summed E-state index contributed by atoms with van der Waals surface area (Å²) in [4.78, 5) is 21.9. The molecule has 1 aliphatic heterocycles. The van der Waals surface area contributed by atoms with Gasteiger partial charge in [0.25, 0.3) is 11.6 Å². The summed E-state index contributed by atoms with van der Waals surface area (Å²) in [7, 11) is 0. The fourth-order valence-corrected chi connectivity index (χ4v) is 3.26. The molecule has 1 saturated heterocycles. The third-order valence-electron chi connectivity index (χ3n) is 4.86. The molecule has 0 radical (unpaired) electrons. The van der Waals surface area contributed by atoms with Gasteiger partial charge in [-0.25, -0.2) is 0 Å². The lowest BCUT2D eigenvalue weighted by molar-refractivity contribution is -0.384. The van der Waals surface area contributed by atoms with E-state index in [0.29, 0.717) is 28.7 Å². The summed E-state index contributed by atoms with van der Waals surface area (Å²) in [5.74, 6) is 1.24. The number of nitrogens with zero attached hydrogens (tertiary/aromatic N) is 5. The van der Waals surface area contributed by atoms with Crippen LogP contribution in [-0.2, 0) is 0 Å². The number of benzene rings is 1. The quantitative estimate of drug-likeness (QED) is 0.510. The second-order valence-electron chi connectivity index (χ2n) is 6.77. The second-order valence-corrected chi connectivity index (χ2v) is 6.77. The van der Waals surface area contributed by atoms with Crippen molar-refractivity contribution < 1.29 is 9.45 Å². The number of hydrogen-bond acceptors (Lipinski definition) is 7. The minimum Gasteiger partial charge on any atom is -0.366 e. The molecule has 1 aliphatic rings. The van der Waals surface area contributed by atoms with Crippen LogP contribution < -0.4 is 4.90 Å². The summed E-state index contributed by atoms with van der Waals surface area (Å²) in [5, 5.41) is 15.6. The van der Waals surface area contributed by atoms with E-state index >= 15 is 0 Å². The summed E-state index contributed by atoms with van der Waals surface area (Å²) < 4.78 is 5.30. The van der Waals surface area contributed by atoms with Gasteiger partial charge in [0, 0.05) is 30.9 Å². The number of pyridine rings is 1. The van der Waals surface area contributed by atoms with Crippen molar-refractivity contribution in [2.24, 2.45) is 5.92 Å². The molecule has 3 heterocycles. The first kappa shape index (κ1) is 17.1. The summed E-state index contributed by atoms with van der Waals surface area (Å²) in [6, 6.07) is 10.5. The predicted octanol–water partition coefficient (Wildman–Crippen LogP) is 3.94. The van der Waals surface area contributed by atoms with Crippen LogP contribution in [0.1, 0.15) is 19.8 Å². The lowest BCUT2D eigenvalue weighted by Gasteiger charge is -2.31. The van der Waals surface area contributed by atoms with Gasteiger partial charge >= 0.3 is 0 Å². The average Bonchev–Trinajstić information content (AvgIpc) is 3.19.